The SMILES string of the molecule is COC(=O)c1cc(=O)c(O)c2c(O)c(O)c(Br)cc2c1. The Hall–Kier alpha value is -2.28. The number of carbonyl (C=O) groups excluding carboxylic acids is 1. The number of hydrogen-bond donors (Lipinski definition) is 3. The third-order valence-corrected chi connectivity index (χ3v) is 3.35. The predicted molar refractivity (Wildman–Crippen MR) is 74.3 cm³/mol. The van der Waals surface area contributed by atoms with Crippen LogP contribution in [0.3, 0.4) is 0 Å². The number of esters is 1. The van der Waals surface area contributed by atoms with Gasteiger partial charge in [0.2, 0.25) is 5.43 Å². The predicted octanol–water partition coefficient (Wildman–Crippen LogP) is 1.87. The van der Waals surface area contributed by atoms with Crippen molar-refractivity contribution in [2.45, 2.75) is 0 Å². The van der Waals surface area contributed by atoms with E-state index >= 15 is 0 Å². The highest BCUT2D eigenvalue weighted by atomic mass is 79.9. The van der Waals surface area contributed by atoms with E-state index in [0.717, 1.165) is 13.2 Å². The number of ether oxygens (including phenoxy) is 1. The zero-order chi connectivity index (χ0) is 15.0. The minimum atomic E-state index is -0.877. The van der Waals surface area contributed by atoms with Crippen LogP contribution in [0, 0.1) is 0 Å². The molecule has 0 bridgehead atoms. The topological polar surface area (TPSA) is 104 Å². The molecule has 0 atom stereocenters. The fourth-order valence-corrected chi connectivity index (χ4v) is 2.22. The van der Waals surface area contributed by atoms with Crippen molar-refractivity contribution in [1.82, 2.24) is 0 Å². The quantitative estimate of drug-likeness (QED) is 0.540. The average Bonchev–Trinajstić information content (AvgIpc) is 2.53. The number of hydrogen-bond acceptors (Lipinski definition) is 6. The van der Waals surface area contributed by atoms with Crippen molar-refractivity contribution in [2.75, 3.05) is 7.11 Å². The summed E-state index contributed by atoms with van der Waals surface area (Å²) in [6.07, 6.45) is 0. The second kappa shape index (κ2) is 5.01. The molecule has 0 aliphatic rings. The first kappa shape index (κ1) is 14.1. The summed E-state index contributed by atoms with van der Waals surface area (Å²) in [4.78, 5) is 23.3. The summed E-state index contributed by atoms with van der Waals surface area (Å²) in [6.45, 7) is 0. The molecule has 0 aliphatic carbocycles. The van der Waals surface area contributed by atoms with Crippen molar-refractivity contribution in [2.24, 2.45) is 0 Å². The van der Waals surface area contributed by atoms with Crippen molar-refractivity contribution in [3.63, 3.8) is 0 Å². The molecular weight excluding hydrogens is 332 g/mol. The van der Waals surface area contributed by atoms with Crippen molar-refractivity contribution < 1.29 is 24.9 Å². The maximum Gasteiger partial charge on any atom is 0.338 e. The van der Waals surface area contributed by atoms with Crippen LogP contribution in [-0.2, 0) is 4.74 Å². The molecule has 2 aromatic rings. The Balaban J connectivity index is 3.04. The first-order chi connectivity index (χ1) is 9.36. The van der Waals surface area contributed by atoms with Gasteiger partial charge in [0.25, 0.3) is 0 Å². The monoisotopic (exact) mass is 340 g/mol. The Morgan fingerprint density at radius 1 is 1.10 bits per heavy atom. The number of aromatic hydroxyl groups is 3. The van der Waals surface area contributed by atoms with E-state index in [0.29, 0.717) is 0 Å². The van der Waals surface area contributed by atoms with E-state index in [1.807, 2.05) is 0 Å². The molecular formula is C13H9BrO6. The van der Waals surface area contributed by atoms with Crippen LogP contribution < -0.4 is 5.43 Å². The highest BCUT2D eigenvalue weighted by molar-refractivity contribution is 9.10. The lowest BCUT2D eigenvalue weighted by molar-refractivity contribution is 0.0601. The van der Waals surface area contributed by atoms with E-state index in [1.54, 1.807) is 0 Å². The highest BCUT2D eigenvalue weighted by Gasteiger charge is 2.17. The van der Waals surface area contributed by atoms with Crippen molar-refractivity contribution >= 4 is 32.7 Å². The van der Waals surface area contributed by atoms with Crippen LogP contribution in [0.25, 0.3) is 10.8 Å². The number of fused-ring (bicyclic) bond motifs is 1. The van der Waals surface area contributed by atoms with E-state index in [1.165, 1.54) is 12.1 Å². The van der Waals surface area contributed by atoms with Crippen LogP contribution in [0.5, 0.6) is 17.2 Å². The van der Waals surface area contributed by atoms with Crippen LogP contribution in [0.1, 0.15) is 10.4 Å². The maximum absolute atomic E-state index is 11.8. The fourth-order valence-electron chi connectivity index (χ4n) is 1.79. The molecule has 0 saturated heterocycles. The van der Waals surface area contributed by atoms with Gasteiger partial charge in [-0.25, -0.2) is 4.79 Å². The lowest BCUT2D eigenvalue weighted by Gasteiger charge is -2.04. The Kier molecular flexibility index (Phi) is 3.54. The lowest BCUT2D eigenvalue weighted by atomic mass is 10.1. The molecule has 0 fully saturated rings. The van der Waals surface area contributed by atoms with Crippen molar-refractivity contribution in [3.05, 3.63) is 38.5 Å². The Morgan fingerprint density at radius 2 is 1.75 bits per heavy atom. The van der Waals surface area contributed by atoms with E-state index in [-0.39, 0.29) is 20.8 Å². The van der Waals surface area contributed by atoms with Crippen LogP contribution in [0.4, 0.5) is 0 Å². The first-order valence-electron chi connectivity index (χ1n) is 5.36. The second-order valence-corrected chi connectivity index (χ2v) is 4.82. The summed E-state index contributed by atoms with van der Waals surface area (Å²) in [6, 6.07) is 3.52. The number of phenolic OH excluding ortho intramolecular Hbond substituents is 2. The molecule has 0 aliphatic heterocycles. The van der Waals surface area contributed by atoms with Crippen molar-refractivity contribution in [1.29, 1.82) is 0 Å². The molecule has 7 heteroatoms. The molecule has 2 rings (SSSR count). The van der Waals surface area contributed by atoms with Crippen LogP contribution in [0.2, 0.25) is 0 Å². The number of benzene rings is 1. The number of methoxy groups -OCH3 is 1. The maximum atomic E-state index is 11.8. The van der Waals surface area contributed by atoms with Crippen LogP contribution in [-0.4, -0.2) is 28.4 Å². The van der Waals surface area contributed by atoms with Gasteiger partial charge in [-0.2, -0.15) is 0 Å². The average molecular weight is 341 g/mol. The molecule has 0 heterocycles. The van der Waals surface area contributed by atoms with Gasteiger partial charge in [-0.15, -0.1) is 0 Å². The molecule has 0 radical (unpaired) electrons. The fraction of sp³-hybridized carbons (Fsp3) is 0.0769. The Labute approximate surface area is 121 Å². The zero-order valence-electron chi connectivity index (χ0n) is 10.2. The van der Waals surface area contributed by atoms with Crippen LogP contribution in [0.15, 0.2) is 27.5 Å². The Bertz CT molecular complexity index is 784. The minimum absolute atomic E-state index is 0.0835. The molecule has 3 N–H and O–H groups in total. The molecule has 0 saturated carbocycles. The lowest BCUT2D eigenvalue weighted by Crippen LogP contribution is -2.03. The molecule has 20 heavy (non-hydrogen) atoms. The third-order valence-electron chi connectivity index (χ3n) is 2.75. The summed E-state index contributed by atoms with van der Waals surface area (Å²) in [5.41, 5.74) is -0.961. The van der Waals surface area contributed by atoms with Gasteiger partial charge in [0.15, 0.2) is 17.2 Å². The van der Waals surface area contributed by atoms with Gasteiger partial charge in [-0.1, -0.05) is 0 Å². The molecule has 6 nitrogen and oxygen atoms in total. The van der Waals surface area contributed by atoms with Gasteiger partial charge in [0.05, 0.1) is 22.5 Å². The molecule has 0 amide bonds. The van der Waals surface area contributed by atoms with E-state index in [2.05, 4.69) is 20.7 Å². The molecule has 0 aromatic heterocycles. The molecule has 104 valence electrons. The molecule has 0 spiro atoms. The number of phenols is 2. The first-order valence-corrected chi connectivity index (χ1v) is 6.16. The van der Waals surface area contributed by atoms with Gasteiger partial charge in [-0.3, -0.25) is 4.79 Å². The largest absolute Gasteiger partial charge is 0.504 e. The van der Waals surface area contributed by atoms with E-state index < -0.39 is 28.6 Å². The van der Waals surface area contributed by atoms with Crippen LogP contribution >= 0.6 is 15.9 Å². The number of carbonyl (C=O) groups is 1. The van der Waals surface area contributed by atoms with Gasteiger partial charge in [0, 0.05) is 6.07 Å². The smallest absolute Gasteiger partial charge is 0.338 e. The summed E-state index contributed by atoms with van der Waals surface area (Å²) in [5.74, 6) is -2.70. The van der Waals surface area contributed by atoms with Crippen molar-refractivity contribution in [3.8, 4) is 17.2 Å². The normalized spacial score (nSPS) is 10.5. The van der Waals surface area contributed by atoms with E-state index in [9.17, 15) is 24.9 Å². The number of rotatable bonds is 1. The molecule has 0 unspecified atom stereocenters. The molecule has 2 aromatic carbocycles. The van der Waals surface area contributed by atoms with Gasteiger partial charge >= 0.3 is 5.97 Å². The summed E-state index contributed by atoms with van der Waals surface area (Å²) in [5, 5.41) is 29.3. The third kappa shape index (κ3) is 2.16. The van der Waals surface area contributed by atoms with E-state index in [4.69, 9.17) is 0 Å². The van der Waals surface area contributed by atoms with Gasteiger partial charge in [-0.05, 0) is 33.4 Å². The summed E-state index contributed by atoms with van der Waals surface area (Å²) >= 11 is 3.02. The standard InChI is InChI=1S/C13H9BrO6/c1-20-13(19)6-2-5-3-7(14)10(16)12(18)9(5)11(17)8(15)4-6/h2-4,16,18H,1H3,(H,15,17). The second-order valence-electron chi connectivity index (χ2n) is 3.97. The number of halogens is 1. The van der Waals surface area contributed by atoms with Gasteiger partial charge in [0.1, 0.15) is 0 Å². The summed E-state index contributed by atoms with van der Waals surface area (Å²) in [7, 11) is 1.15. The highest BCUT2D eigenvalue weighted by Crippen LogP contribution is 2.42. The summed E-state index contributed by atoms with van der Waals surface area (Å²) < 4.78 is 4.67. The zero-order valence-corrected chi connectivity index (χ0v) is 11.8. The Morgan fingerprint density at radius 3 is 2.35 bits per heavy atom. The minimum Gasteiger partial charge on any atom is -0.504 e. The van der Waals surface area contributed by atoms with Gasteiger partial charge < -0.3 is 20.1 Å².